The molecule has 0 fully saturated rings. The normalized spacial score (nSPS) is 13.6. The monoisotopic (exact) mass is 479 g/mol. The van der Waals surface area contributed by atoms with Crippen LogP contribution in [-0.4, -0.2) is 89.8 Å². The van der Waals surface area contributed by atoms with Crippen LogP contribution in [0.15, 0.2) is 0 Å². The van der Waals surface area contributed by atoms with Crippen LogP contribution in [-0.2, 0) is 23.9 Å². The van der Waals surface area contributed by atoms with Gasteiger partial charge in [0, 0.05) is 42.6 Å². The highest BCUT2D eigenvalue weighted by atomic mass is 32.1. The first kappa shape index (κ1) is 30.1. The van der Waals surface area contributed by atoms with Crippen LogP contribution in [0.1, 0.15) is 40.5 Å². The molecule has 0 radical (unpaired) electrons. The highest BCUT2D eigenvalue weighted by Crippen LogP contribution is 2.22. The molecule has 11 nitrogen and oxygen atoms in total. The fraction of sp³-hybridized carbons (Fsp3) is 0.800. The van der Waals surface area contributed by atoms with Crippen LogP contribution in [0, 0.1) is 10.8 Å². The van der Waals surface area contributed by atoms with Crippen LogP contribution in [0.4, 0.5) is 0 Å². The number of ether oxygens (including phenoxy) is 1. The van der Waals surface area contributed by atoms with E-state index in [4.69, 9.17) is 4.74 Å². The van der Waals surface area contributed by atoms with Crippen LogP contribution in [0.2, 0.25) is 0 Å². The van der Waals surface area contributed by atoms with E-state index in [1.54, 1.807) is 13.8 Å². The molecule has 0 aromatic heterocycles. The topological polar surface area (TPSA) is 174 Å². The van der Waals surface area contributed by atoms with Crippen molar-refractivity contribution in [2.75, 3.05) is 38.6 Å². The Bertz CT molecular complexity index is 642. The molecule has 0 aliphatic carbocycles. The van der Waals surface area contributed by atoms with Crippen molar-refractivity contribution in [2.45, 2.75) is 52.7 Å². The van der Waals surface area contributed by atoms with Gasteiger partial charge in [-0.3, -0.25) is 19.2 Å². The Morgan fingerprint density at radius 2 is 1.34 bits per heavy atom. The van der Waals surface area contributed by atoms with Gasteiger partial charge in [0.05, 0.1) is 19.6 Å². The summed E-state index contributed by atoms with van der Waals surface area (Å²) in [6.07, 6.45) is -3.05. The highest BCUT2D eigenvalue weighted by molar-refractivity contribution is 7.80. The van der Waals surface area contributed by atoms with E-state index < -0.39 is 47.4 Å². The van der Waals surface area contributed by atoms with Crippen molar-refractivity contribution in [3.63, 3.8) is 0 Å². The Balaban J connectivity index is 4.34. The summed E-state index contributed by atoms with van der Waals surface area (Å²) < 4.78 is 5.09. The van der Waals surface area contributed by atoms with Crippen LogP contribution in [0.5, 0.6) is 0 Å². The van der Waals surface area contributed by atoms with E-state index in [0.717, 1.165) is 0 Å². The summed E-state index contributed by atoms with van der Waals surface area (Å²) in [5.74, 6) is -1.83. The number of carbonyl (C=O) groups is 4. The van der Waals surface area contributed by atoms with Gasteiger partial charge in [0.2, 0.25) is 17.7 Å². The Morgan fingerprint density at radius 1 is 0.844 bits per heavy atom. The van der Waals surface area contributed by atoms with Gasteiger partial charge in [-0.15, -0.1) is 0 Å². The van der Waals surface area contributed by atoms with E-state index in [-0.39, 0.29) is 38.4 Å². The molecule has 0 aromatic carbocycles. The molecule has 3 amide bonds. The number of esters is 1. The third-order valence-electron chi connectivity index (χ3n) is 4.70. The van der Waals surface area contributed by atoms with Crippen molar-refractivity contribution in [3.8, 4) is 0 Å². The molecule has 0 saturated heterocycles. The molecule has 0 bridgehead atoms. The molecule has 2 atom stereocenters. The summed E-state index contributed by atoms with van der Waals surface area (Å²) >= 11 is 3.97. The molecule has 186 valence electrons. The van der Waals surface area contributed by atoms with Crippen molar-refractivity contribution < 1.29 is 39.2 Å². The van der Waals surface area contributed by atoms with Crippen LogP contribution >= 0.6 is 12.6 Å². The number of carbonyl (C=O) groups excluding carboxylic acids is 4. The lowest BCUT2D eigenvalue weighted by Crippen LogP contribution is -2.47. The third-order valence-corrected chi connectivity index (χ3v) is 4.93. The van der Waals surface area contributed by atoms with Crippen LogP contribution in [0.3, 0.4) is 0 Å². The molecule has 12 heteroatoms. The fourth-order valence-corrected chi connectivity index (χ4v) is 2.39. The molecule has 0 spiro atoms. The van der Waals surface area contributed by atoms with Gasteiger partial charge in [-0.1, -0.05) is 27.7 Å². The Morgan fingerprint density at radius 3 is 1.84 bits per heavy atom. The lowest BCUT2D eigenvalue weighted by molar-refractivity contribution is -0.153. The van der Waals surface area contributed by atoms with Gasteiger partial charge >= 0.3 is 5.97 Å². The SMILES string of the molecule is CC(C)(COC(=O)CCNC(=O)[C@H](O)C(C)(C)CO)C(O)C(=O)NCCC(=O)NCCS. The van der Waals surface area contributed by atoms with Gasteiger partial charge in [-0.25, -0.2) is 0 Å². The van der Waals surface area contributed by atoms with E-state index in [1.807, 2.05) is 0 Å². The predicted octanol–water partition coefficient (Wildman–Crippen LogP) is -1.65. The average Bonchev–Trinajstić information content (AvgIpc) is 2.74. The van der Waals surface area contributed by atoms with Crippen molar-refractivity contribution >= 4 is 36.3 Å². The summed E-state index contributed by atoms with van der Waals surface area (Å²) in [7, 11) is 0. The zero-order chi connectivity index (χ0) is 24.9. The number of amides is 3. The second kappa shape index (κ2) is 14.3. The number of thiol groups is 1. The number of nitrogens with one attached hydrogen (secondary N) is 3. The smallest absolute Gasteiger partial charge is 0.307 e. The van der Waals surface area contributed by atoms with Gasteiger partial charge in [-0.2, -0.15) is 12.6 Å². The van der Waals surface area contributed by atoms with E-state index >= 15 is 0 Å². The van der Waals surface area contributed by atoms with Crippen molar-refractivity contribution in [1.29, 1.82) is 0 Å². The number of aliphatic hydroxyl groups excluding tert-OH is 3. The summed E-state index contributed by atoms with van der Waals surface area (Å²) in [6.45, 7) is 5.85. The van der Waals surface area contributed by atoms with Crippen LogP contribution < -0.4 is 16.0 Å². The summed E-state index contributed by atoms with van der Waals surface area (Å²) in [6, 6.07) is 0. The lowest BCUT2D eigenvalue weighted by atomic mass is 9.87. The summed E-state index contributed by atoms with van der Waals surface area (Å²) in [4.78, 5) is 47.4. The molecule has 0 aliphatic rings. The molecule has 0 aliphatic heterocycles. The van der Waals surface area contributed by atoms with E-state index in [2.05, 4.69) is 28.6 Å². The first-order valence-corrected chi connectivity index (χ1v) is 11.0. The molecule has 6 N–H and O–H groups in total. The number of aliphatic hydroxyl groups is 3. The fourth-order valence-electron chi connectivity index (χ4n) is 2.28. The minimum absolute atomic E-state index is 0.0444. The number of hydrogen-bond acceptors (Lipinski definition) is 9. The maximum absolute atomic E-state index is 12.1. The van der Waals surface area contributed by atoms with Gasteiger partial charge < -0.3 is 36.0 Å². The Hall–Kier alpha value is -1.89. The van der Waals surface area contributed by atoms with Crippen LogP contribution in [0.25, 0.3) is 0 Å². The Labute approximate surface area is 194 Å². The maximum Gasteiger partial charge on any atom is 0.307 e. The van der Waals surface area contributed by atoms with Crippen molar-refractivity contribution in [1.82, 2.24) is 16.0 Å². The Kier molecular flexibility index (Phi) is 13.5. The van der Waals surface area contributed by atoms with Gasteiger partial charge in [0.15, 0.2) is 0 Å². The van der Waals surface area contributed by atoms with Gasteiger partial charge in [0.1, 0.15) is 12.2 Å². The van der Waals surface area contributed by atoms with E-state index in [0.29, 0.717) is 12.3 Å². The van der Waals surface area contributed by atoms with Crippen molar-refractivity contribution in [3.05, 3.63) is 0 Å². The third kappa shape index (κ3) is 11.1. The largest absolute Gasteiger partial charge is 0.465 e. The standard InChI is InChI=1S/C20H37N3O8S/c1-19(2,11-24)15(27)17(29)23-8-6-14(26)31-12-20(3,4)16(28)18(30)22-7-5-13(25)21-9-10-32/h15-16,24,27-28,32H,5-12H2,1-4H3,(H,21,25)(H,22,30)(H,23,29)/t15-,16?/m0/s1. The van der Waals surface area contributed by atoms with E-state index in [1.165, 1.54) is 13.8 Å². The van der Waals surface area contributed by atoms with Gasteiger partial charge in [-0.05, 0) is 0 Å². The predicted molar refractivity (Wildman–Crippen MR) is 120 cm³/mol. The second-order valence-corrected chi connectivity index (χ2v) is 9.20. The molecule has 0 heterocycles. The zero-order valence-corrected chi connectivity index (χ0v) is 20.0. The molecule has 0 rings (SSSR count). The number of hydrogen-bond donors (Lipinski definition) is 7. The van der Waals surface area contributed by atoms with E-state index in [9.17, 15) is 34.5 Å². The zero-order valence-electron chi connectivity index (χ0n) is 19.1. The quantitative estimate of drug-likeness (QED) is 0.108. The minimum atomic E-state index is -1.48. The molecular formula is C20H37N3O8S. The highest BCUT2D eigenvalue weighted by Gasteiger charge is 2.35. The summed E-state index contributed by atoms with van der Waals surface area (Å²) in [5, 5.41) is 36.8. The lowest BCUT2D eigenvalue weighted by Gasteiger charge is -2.29. The molecule has 32 heavy (non-hydrogen) atoms. The number of rotatable bonds is 15. The molecular weight excluding hydrogens is 442 g/mol. The second-order valence-electron chi connectivity index (χ2n) is 8.76. The molecule has 0 saturated carbocycles. The maximum atomic E-state index is 12.1. The first-order chi connectivity index (χ1) is 14.8. The first-order valence-electron chi connectivity index (χ1n) is 10.3. The van der Waals surface area contributed by atoms with Crippen molar-refractivity contribution in [2.24, 2.45) is 10.8 Å². The van der Waals surface area contributed by atoms with Gasteiger partial charge in [0.25, 0.3) is 0 Å². The minimum Gasteiger partial charge on any atom is -0.465 e. The summed E-state index contributed by atoms with van der Waals surface area (Å²) in [5.41, 5.74) is -2.12. The molecule has 0 aromatic rings. The average molecular weight is 480 g/mol. The molecule has 1 unspecified atom stereocenters.